The maximum absolute atomic E-state index is 12.3. The fourth-order valence-electron chi connectivity index (χ4n) is 2.16. The average molecular weight is 279 g/mol. The normalized spacial score (nSPS) is 21.5. The van der Waals surface area contributed by atoms with Gasteiger partial charge in [0.25, 0.3) is 5.91 Å². The standard InChI is InChI=1S/C14H17NO5/c1-15(9-4-3-5-10(8-9)19-2)13(16)11-6-7-12(20-11)14(17)18/h3-5,8,11-12H,6-7H2,1-2H3,(H,17,18). The van der Waals surface area contributed by atoms with Gasteiger partial charge in [0.15, 0.2) is 6.10 Å². The molecule has 2 atom stereocenters. The molecule has 1 aliphatic heterocycles. The summed E-state index contributed by atoms with van der Waals surface area (Å²) < 4.78 is 10.4. The number of carboxylic acid groups (broad SMARTS) is 1. The largest absolute Gasteiger partial charge is 0.497 e. The summed E-state index contributed by atoms with van der Waals surface area (Å²) in [6.07, 6.45) is -0.808. The molecule has 20 heavy (non-hydrogen) atoms. The lowest BCUT2D eigenvalue weighted by atomic mass is 10.1. The summed E-state index contributed by atoms with van der Waals surface area (Å²) in [5, 5.41) is 8.87. The molecule has 0 spiro atoms. The minimum Gasteiger partial charge on any atom is -0.497 e. The van der Waals surface area contributed by atoms with Crippen molar-refractivity contribution >= 4 is 17.6 Å². The lowest BCUT2D eigenvalue weighted by Crippen LogP contribution is -2.37. The van der Waals surface area contributed by atoms with Gasteiger partial charge in [0.2, 0.25) is 0 Å². The van der Waals surface area contributed by atoms with Crippen molar-refractivity contribution in [2.75, 3.05) is 19.1 Å². The molecule has 1 N–H and O–H groups in total. The molecule has 0 aromatic heterocycles. The first-order chi connectivity index (χ1) is 9.52. The maximum Gasteiger partial charge on any atom is 0.332 e. The SMILES string of the molecule is COc1cccc(N(C)C(=O)C2CCC(C(=O)O)O2)c1. The fraction of sp³-hybridized carbons (Fsp3) is 0.429. The number of nitrogens with zero attached hydrogens (tertiary/aromatic N) is 1. The molecule has 1 heterocycles. The molecule has 1 amide bonds. The number of benzene rings is 1. The highest BCUT2D eigenvalue weighted by molar-refractivity contribution is 5.96. The Balaban J connectivity index is 2.07. The molecule has 1 saturated heterocycles. The number of aliphatic carboxylic acids is 1. The molecule has 1 aromatic carbocycles. The Bertz CT molecular complexity index is 516. The van der Waals surface area contributed by atoms with Gasteiger partial charge < -0.3 is 19.5 Å². The zero-order valence-corrected chi connectivity index (χ0v) is 11.4. The average Bonchev–Trinajstić information content (AvgIpc) is 2.95. The maximum atomic E-state index is 12.3. The number of hydrogen-bond acceptors (Lipinski definition) is 4. The Labute approximate surface area is 116 Å². The molecular formula is C14H17NO5. The number of anilines is 1. The highest BCUT2D eigenvalue weighted by atomic mass is 16.5. The van der Waals surface area contributed by atoms with Crippen molar-refractivity contribution in [1.82, 2.24) is 0 Å². The number of likely N-dealkylation sites (N-methyl/N-ethyl adjacent to an activating group) is 1. The van der Waals surface area contributed by atoms with Crippen molar-refractivity contribution < 1.29 is 24.2 Å². The van der Waals surface area contributed by atoms with Crippen LogP contribution in [0.1, 0.15) is 12.8 Å². The van der Waals surface area contributed by atoms with Crippen molar-refractivity contribution in [3.05, 3.63) is 24.3 Å². The van der Waals surface area contributed by atoms with Crippen molar-refractivity contribution in [2.45, 2.75) is 25.0 Å². The predicted octanol–water partition coefficient (Wildman–Crippen LogP) is 1.29. The van der Waals surface area contributed by atoms with Crippen LogP contribution < -0.4 is 9.64 Å². The van der Waals surface area contributed by atoms with Crippen LogP contribution in [0.15, 0.2) is 24.3 Å². The number of ether oxygens (including phenoxy) is 2. The fourth-order valence-corrected chi connectivity index (χ4v) is 2.16. The van der Waals surface area contributed by atoms with Gasteiger partial charge in [-0.2, -0.15) is 0 Å². The number of carbonyl (C=O) groups is 2. The van der Waals surface area contributed by atoms with Crippen LogP contribution in [-0.2, 0) is 14.3 Å². The van der Waals surface area contributed by atoms with Crippen LogP contribution in [0, 0.1) is 0 Å². The summed E-state index contributed by atoms with van der Waals surface area (Å²) in [7, 11) is 3.19. The lowest BCUT2D eigenvalue weighted by Gasteiger charge is -2.21. The van der Waals surface area contributed by atoms with E-state index < -0.39 is 18.2 Å². The molecule has 2 unspecified atom stereocenters. The van der Waals surface area contributed by atoms with Gasteiger partial charge in [-0.25, -0.2) is 4.79 Å². The number of carboxylic acids is 1. The Kier molecular flexibility index (Phi) is 4.24. The molecule has 1 aromatic rings. The molecule has 1 fully saturated rings. The molecule has 0 saturated carbocycles. The Morgan fingerprint density at radius 3 is 2.65 bits per heavy atom. The minimum absolute atomic E-state index is 0.248. The third kappa shape index (κ3) is 2.91. The van der Waals surface area contributed by atoms with Crippen molar-refractivity contribution in [3.63, 3.8) is 0 Å². The third-order valence-electron chi connectivity index (χ3n) is 3.34. The van der Waals surface area contributed by atoms with Gasteiger partial charge in [-0.3, -0.25) is 4.79 Å². The van der Waals surface area contributed by atoms with Gasteiger partial charge in [0.05, 0.1) is 7.11 Å². The quantitative estimate of drug-likeness (QED) is 0.898. The smallest absolute Gasteiger partial charge is 0.332 e. The highest BCUT2D eigenvalue weighted by Gasteiger charge is 2.36. The number of hydrogen-bond donors (Lipinski definition) is 1. The first-order valence-corrected chi connectivity index (χ1v) is 6.33. The van der Waals surface area contributed by atoms with Crippen LogP contribution >= 0.6 is 0 Å². The van der Waals surface area contributed by atoms with Gasteiger partial charge in [-0.05, 0) is 25.0 Å². The first kappa shape index (κ1) is 14.3. The van der Waals surface area contributed by atoms with Crippen LogP contribution in [0.25, 0.3) is 0 Å². The lowest BCUT2D eigenvalue weighted by molar-refractivity contribution is -0.151. The Hall–Kier alpha value is -2.08. The van der Waals surface area contributed by atoms with E-state index in [0.717, 1.165) is 0 Å². The van der Waals surface area contributed by atoms with E-state index in [1.54, 1.807) is 38.4 Å². The molecule has 6 heteroatoms. The van der Waals surface area contributed by atoms with E-state index in [2.05, 4.69) is 0 Å². The van der Waals surface area contributed by atoms with Gasteiger partial charge in [0.1, 0.15) is 11.9 Å². The van der Waals surface area contributed by atoms with E-state index in [1.807, 2.05) is 0 Å². The van der Waals surface area contributed by atoms with E-state index in [-0.39, 0.29) is 5.91 Å². The number of carbonyl (C=O) groups excluding carboxylic acids is 1. The highest BCUT2D eigenvalue weighted by Crippen LogP contribution is 2.25. The number of rotatable bonds is 4. The van der Waals surface area contributed by atoms with Crippen molar-refractivity contribution in [3.8, 4) is 5.75 Å². The second kappa shape index (κ2) is 5.92. The summed E-state index contributed by atoms with van der Waals surface area (Å²) in [5.41, 5.74) is 0.678. The Morgan fingerprint density at radius 1 is 1.35 bits per heavy atom. The Morgan fingerprint density at radius 2 is 2.05 bits per heavy atom. The third-order valence-corrected chi connectivity index (χ3v) is 3.34. The summed E-state index contributed by atoms with van der Waals surface area (Å²) in [4.78, 5) is 24.6. The second-order valence-corrected chi connectivity index (χ2v) is 4.63. The number of amides is 1. The van der Waals surface area contributed by atoms with Gasteiger partial charge >= 0.3 is 5.97 Å². The molecule has 108 valence electrons. The summed E-state index contributed by atoms with van der Waals surface area (Å²) in [5.74, 6) is -0.621. The first-order valence-electron chi connectivity index (χ1n) is 6.33. The predicted molar refractivity (Wildman–Crippen MR) is 71.9 cm³/mol. The molecule has 1 aliphatic rings. The summed E-state index contributed by atoms with van der Waals surface area (Å²) >= 11 is 0. The molecule has 6 nitrogen and oxygen atoms in total. The van der Waals surface area contributed by atoms with Gasteiger partial charge in [-0.15, -0.1) is 0 Å². The van der Waals surface area contributed by atoms with Crippen LogP contribution in [0.3, 0.4) is 0 Å². The van der Waals surface area contributed by atoms with Crippen molar-refractivity contribution in [1.29, 1.82) is 0 Å². The molecule has 0 radical (unpaired) electrons. The van der Waals surface area contributed by atoms with Crippen LogP contribution in [0.5, 0.6) is 5.75 Å². The zero-order valence-electron chi connectivity index (χ0n) is 11.4. The molecule has 0 aliphatic carbocycles. The summed E-state index contributed by atoms with van der Waals surface area (Å²) in [6, 6.07) is 7.09. The van der Waals surface area contributed by atoms with E-state index in [0.29, 0.717) is 24.3 Å². The second-order valence-electron chi connectivity index (χ2n) is 4.63. The summed E-state index contributed by atoms with van der Waals surface area (Å²) in [6.45, 7) is 0. The monoisotopic (exact) mass is 279 g/mol. The van der Waals surface area contributed by atoms with Crippen LogP contribution in [-0.4, -0.2) is 43.3 Å². The minimum atomic E-state index is -1.02. The van der Waals surface area contributed by atoms with Gasteiger partial charge in [-0.1, -0.05) is 6.07 Å². The van der Waals surface area contributed by atoms with E-state index >= 15 is 0 Å². The van der Waals surface area contributed by atoms with Gasteiger partial charge in [0, 0.05) is 18.8 Å². The molecular weight excluding hydrogens is 262 g/mol. The van der Waals surface area contributed by atoms with Crippen LogP contribution in [0.4, 0.5) is 5.69 Å². The molecule has 2 rings (SSSR count). The topological polar surface area (TPSA) is 76.1 Å². The van der Waals surface area contributed by atoms with Crippen LogP contribution in [0.2, 0.25) is 0 Å². The van der Waals surface area contributed by atoms with E-state index in [1.165, 1.54) is 4.90 Å². The number of methoxy groups -OCH3 is 1. The zero-order chi connectivity index (χ0) is 14.7. The van der Waals surface area contributed by atoms with E-state index in [9.17, 15) is 9.59 Å². The van der Waals surface area contributed by atoms with E-state index in [4.69, 9.17) is 14.6 Å². The van der Waals surface area contributed by atoms with Crippen molar-refractivity contribution in [2.24, 2.45) is 0 Å². The molecule has 0 bridgehead atoms.